The number of alkyl halides is 3. The van der Waals surface area contributed by atoms with Gasteiger partial charge >= 0.3 is 12.1 Å². The molecule has 0 amide bonds. The molecule has 0 saturated heterocycles. The Morgan fingerprint density at radius 3 is 2.62 bits per heavy atom. The van der Waals surface area contributed by atoms with Gasteiger partial charge in [0.2, 0.25) is 0 Å². The van der Waals surface area contributed by atoms with Gasteiger partial charge in [-0.25, -0.2) is 14.8 Å². The summed E-state index contributed by atoms with van der Waals surface area (Å²) in [4.78, 5) is 20.4. The van der Waals surface area contributed by atoms with E-state index < -0.39 is 12.1 Å². The normalized spacial score (nSPS) is 14.4. The zero-order valence-corrected chi connectivity index (χ0v) is 16.0. The quantitative estimate of drug-likeness (QED) is 0.683. The van der Waals surface area contributed by atoms with E-state index in [1.807, 2.05) is 12.3 Å². The lowest BCUT2D eigenvalue weighted by atomic mass is 10.0. The molecule has 1 aliphatic rings. The van der Waals surface area contributed by atoms with E-state index in [4.69, 9.17) is 14.3 Å². The van der Waals surface area contributed by atoms with Crippen LogP contribution in [-0.2, 0) is 24.2 Å². The number of aliphatic carboxylic acids is 1. The third-order valence-corrected chi connectivity index (χ3v) is 5.08. The maximum atomic E-state index is 10.6. The highest BCUT2D eigenvalue weighted by Gasteiger charge is 2.38. The van der Waals surface area contributed by atoms with Crippen molar-refractivity contribution >= 4 is 17.3 Å². The van der Waals surface area contributed by atoms with E-state index in [0.29, 0.717) is 0 Å². The smallest absolute Gasteiger partial charge is 0.475 e. The van der Waals surface area contributed by atoms with Crippen LogP contribution in [0.15, 0.2) is 46.2 Å². The summed E-state index contributed by atoms with van der Waals surface area (Å²) in [6.07, 6.45) is 2.17. The molecule has 3 aromatic rings. The molecule has 154 valence electrons. The van der Waals surface area contributed by atoms with Gasteiger partial charge in [-0.3, -0.25) is 4.90 Å². The van der Waals surface area contributed by atoms with Gasteiger partial charge in [0.15, 0.2) is 0 Å². The topological polar surface area (TPSA) is 79.5 Å². The molecular weight excluding hydrogens is 407 g/mol. The molecule has 4 heterocycles. The van der Waals surface area contributed by atoms with Gasteiger partial charge in [0.1, 0.15) is 6.33 Å². The van der Waals surface area contributed by atoms with Crippen molar-refractivity contribution < 1.29 is 27.5 Å². The largest absolute Gasteiger partial charge is 0.490 e. The van der Waals surface area contributed by atoms with E-state index in [9.17, 15) is 13.2 Å². The van der Waals surface area contributed by atoms with Crippen LogP contribution in [-0.4, -0.2) is 45.2 Å². The van der Waals surface area contributed by atoms with E-state index in [1.165, 1.54) is 22.4 Å². The molecule has 0 fully saturated rings. The third kappa shape index (κ3) is 5.64. The SMILES string of the molecule is O=C(O)C(F)(F)F.c1nc2c(c(-c3ccsc3)n1)CCN(Cc1ccoc1)CC2. The van der Waals surface area contributed by atoms with E-state index >= 15 is 0 Å². The molecule has 0 radical (unpaired) electrons. The lowest BCUT2D eigenvalue weighted by Gasteiger charge is -2.18. The molecule has 4 rings (SSSR count). The Morgan fingerprint density at radius 1 is 1.24 bits per heavy atom. The summed E-state index contributed by atoms with van der Waals surface area (Å²) in [6.45, 7) is 2.99. The highest BCUT2D eigenvalue weighted by Crippen LogP contribution is 2.27. The molecule has 6 nitrogen and oxygen atoms in total. The first-order chi connectivity index (χ1) is 13.8. The van der Waals surface area contributed by atoms with Crippen LogP contribution in [0.3, 0.4) is 0 Å². The fourth-order valence-electron chi connectivity index (χ4n) is 3.02. The molecule has 0 saturated carbocycles. The zero-order valence-electron chi connectivity index (χ0n) is 15.2. The first-order valence-electron chi connectivity index (χ1n) is 8.73. The van der Waals surface area contributed by atoms with Gasteiger partial charge < -0.3 is 9.52 Å². The van der Waals surface area contributed by atoms with E-state index in [1.54, 1.807) is 23.9 Å². The molecule has 0 unspecified atom stereocenters. The van der Waals surface area contributed by atoms with Crippen molar-refractivity contribution in [1.82, 2.24) is 14.9 Å². The van der Waals surface area contributed by atoms with Crippen molar-refractivity contribution in [3.05, 3.63) is 58.6 Å². The van der Waals surface area contributed by atoms with Crippen molar-refractivity contribution in [2.24, 2.45) is 0 Å². The predicted molar refractivity (Wildman–Crippen MR) is 100 cm³/mol. The van der Waals surface area contributed by atoms with Crippen molar-refractivity contribution in [3.8, 4) is 11.3 Å². The Hall–Kier alpha value is -2.72. The second kappa shape index (κ2) is 9.19. The molecule has 1 aliphatic heterocycles. The molecule has 0 spiro atoms. The monoisotopic (exact) mass is 425 g/mol. The highest BCUT2D eigenvalue weighted by atomic mass is 32.1. The van der Waals surface area contributed by atoms with Gasteiger partial charge in [-0.1, -0.05) is 0 Å². The Kier molecular flexibility index (Phi) is 6.65. The average Bonchev–Trinajstić information content (AvgIpc) is 3.34. The van der Waals surface area contributed by atoms with Crippen LogP contribution in [0.25, 0.3) is 11.3 Å². The van der Waals surface area contributed by atoms with Crippen molar-refractivity contribution in [2.75, 3.05) is 13.1 Å². The average molecular weight is 425 g/mol. The maximum absolute atomic E-state index is 10.6. The number of carboxylic acid groups (broad SMARTS) is 1. The fraction of sp³-hybridized carbons (Fsp3) is 0.316. The minimum atomic E-state index is -5.08. The molecule has 3 aromatic heterocycles. The van der Waals surface area contributed by atoms with Crippen LogP contribution in [0.4, 0.5) is 13.2 Å². The van der Waals surface area contributed by atoms with Crippen LogP contribution in [0, 0.1) is 0 Å². The van der Waals surface area contributed by atoms with E-state index in [0.717, 1.165) is 38.2 Å². The molecule has 0 aromatic carbocycles. The summed E-state index contributed by atoms with van der Waals surface area (Å²) < 4.78 is 36.9. The number of furan rings is 1. The van der Waals surface area contributed by atoms with Gasteiger partial charge in [-0.05, 0) is 23.9 Å². The van der Waals surface area contributed by atoms with E-state index in [-0.39, 0.29) is 0 Å². The van der Waals surface area contributed by atoms with Crippen LogP contribution in [0.5, 0.6) is 0 Å². The Bertz CT molecular complexity index is 928. The van der Waals surface area contributed by atoms with Crippen molar-refractivity contribution in [1.29, 1.82) is 0 Å². The summed E-state index contributed by atoms with van der Waals surface area (Å²) in [7, 11) is 0. The number of thiophene rings is 1. The minimum absolute atomic E-state index is 0.936. The highest BCUT2D eigenvalue weighted by molar-refractivity contribution is 7.08. The summed E-state index contributed by atoms with van der Waals surface area (Å²) in [6, 6.07) is 4.18. The first-order valence-corrected chi connectivity index (χ1v) is 9.67. The standard InChI is InChI=1S/C17H17N3OS.C2HF3O2/c1-5-20(9-13-3-7-21-10-13)6-2-16-15(1)17(19-12-18-16)14-4-8-22-11-14;3-2(4,5)1(6)7/h3-4,7-8,10-12H,1-2,5-6,9H2;(H,6,7). The molecule has 1 N–H and O–H groups in total. The lowest BCUT2D eigenvalue weighted by molar-refractivity contribution is -0.192. The summed E-state index contributed by atoms with van der Waals surface area (Å²) >= 11 is 1.71. The molecule has 10 heteroatoms. The Morgan fingerprint density at radius 2 is 2.00 bits per heavy atom. The third-order valence-electron chi connectivity index (χ3n) is 4.40. The molecular formula is C19H18F3N3O3S. The number of aromatic nitrogens is 2. The number of fused-ring (bicyclic) bond motifs is 1. The Balaban J connectivity index is 0.000000298. The van der Waals surface area contributed by atoms with Gasteiger partial charge in [0.25, 0.3) is 0 Å². The molecule has 29 heavy (non-hydrogen) atoms. The number of carbonyl (C=O) groups is 1. The number of carboxylic acids is 1. The van der Waals surface area contributed by atoms with Crippen LogP contribution >= 0.6 is 11.3 Å². The number of rotatable bonds is 3. The minimum Gasteiger partial charge on any atom is -0.475 e. The second-order valence-electron chi connectivity index (χ2n) is 6.37. The van der Waals surface area contributed by atoms with Gasteiger partial charge in [-0.15, -0.1) is 0 Å². The number of hydrogen-bond acceptors (Lipinski definition) is 6. The fourth-order valence-corrected chi connectivity index (χ4v) is 3.66. The van der Waals surface area contributed by atoms with Crippen molar-refractivity contribution in [2.45, 2.75) is 25.6 Å². The van der Waals surface area contributed by atoms with Gasteiger partial charge in [-0.2, -0.15) is 24.5 Å². The maximum Gasteiger partial charge on any atom is 0.490 e. The first kappa shape index (κ1) is 21.0. The summed E-state index contributed by atoms with van der Waals surface area (Å²) in [5.41, 5.74) is 6.07. The zero-order chi connectivity index (χ0) is 20.9. The van der Waals surface area contributed by atoms with E-state index in [2.05, 4.69) is 31.7 Å². The number of hydrogen-bond donors (Lipinski definition) is 1. The van der Waals surface area contributed by atoms with Gasteiger partial charge in [0.05, 0.1) is 18.2 Å². The van der Waals surface area contributed by atoms with Crippen LogP contribution in [0.1, 0.15) is 16.8 Å². The van der Waals surface area contributed by atoms with Gasteiger partial charge in [0, 0.05) is 53.8 Å². The Labute approximate surface area is 168 Å². The lowest BCUT2D eigenvalue weighted by Crippen LogP contribution is -2.25. The summed E-state index contributed by atoms with van der Waals surface area (Å²) in [5, 5.41) is 11.4. The molecule has 0 aliphatic carbocycles. The second-order valence-corrected chi connectivity index (χ2v) is 7.15. The molecule has 0 bridgehead atoms. The number of nitrogens with zero attached hydrogens (tertiary/aromatic N) is 3. The van der Waals surface area contributed by atoms with Crippen LogP contribution < -0.4 is 0 Å². The van der Waals surface area contributed by atoms with Crippen molar-refractivity contribution in [3.63, 3.8) is 0 Å². The number of halogens is 3. The predicted octanol–water partition coefficient (Wildman–Crippen LogP) is 4.03. The molecule has 0 atom stereocenters. The summed E-state index contributed by atoms with van der Waals surface area (Å²) in [5.74, 6) is -2.76. The van der Waals surface area contributed by atoms with Crippen LogP contribution in [0.2, 0.25) is 0 Å².